The van der Waals surface area contributed by atoms with Gasteiger partial charge in [-0.15, -0.1) is 0 Å². The topological polar surface area (TPSA) is 34.9 Å². The molecule has 0 saturated carbocycles. The van der Waals surface area contributed by atoms with Gasteiger partial charge in [-0.1, -0.05) is 35.9 Å². The molecule has 3 rings (SSSR count). The number of rotatable bonds is 2. The Balaban J connectivity index is 2.08. The molecule has 0 aliphatic heterocycles. The van der Waals surface area contributed by atoms with E-state index in [0.29, 0.717) is 17.0 Å². The largest absolute Gasteiger partial charge is 0.287 e. The van der Waals surface area contributed by atoms with Crippen molar-refractivity contribution in [2.24, 2.45) is 0 Å². The second-order valence-electron chi connectivity index (χ2n) is 4.31. The molecule has 94 valence electrons. The summed E-state index contributed by atoms with van der Waals surface area (Å²) in [4.78, 5) is 11.7. The van der Waals surface area contributed by atoms with E-state index in [0.717, 1.165) is 11.1 Å². The lowest BCUT2D eigenvalue weighted by Crippen LogP contribution is -2.12. The summed E-state index contributed by atoms with van der Waals surface area (Å²) in [5, 5.41) is 5.59. The van der Waals surface area contributed by atoms with Gasteiger partial charge in [0.2, 0.25) is 5.43 Å². The molecule has 2 aromatic carbocycles. The summed E-state index contributed by atoms with van der Waals surface area (Å²) in [5.74, 6) is 0. The molecule has 3 nitrogen and oxygen atoms in total. The van der Waals surface area contributed by atoms with Gasteiger partial charge in [-0.3, -0.25) is 9.48 Å². The normalized spacial score (nSPS) is 10.8. The SMILES string of the molecule is O=c1cnn(Cc2ccc(Cl)cc2)c2ccccc12. The van der Waals surface area contributed by atoms with E-state index in [1.807, 2.05) is 53.2 Å². The summed E-state index contributed by atoms with van der Waals surface area (Å²) < 4.78 is 1.82. The average molecular weight is 271 g/mol. The van der Waals surface area contributed by atoms with Crippen LogP contribution in [0.5, 0.6) is 0 Å². The zero-order valence-electron chi connectivity index (χ0n) is 10.1. The maximum absolute atomic E-state index is 11.7. The number of aromatic nitrogens is 2. The molecule has 0 radical (unpaired) electrons. The van der Waals surface area contributed by atoms with E-state index in [4.69, 9.17) is 11.6 Å². The Bertz CT molecular complexity index is 778. The Labute approximate surface area is 115 Å². The molecule has 19 heavy (non-hydrogen) atoms. The highest BCUT2D eigenvalue weighted by Crippen LogP contribution is 2.13. The van der Waals surface area contributed by atoms with Gasteiger partial charge in [-0.2, -0.15) is 5.10 Å². The van der Waals surface area contributed by atoms with E-state index in [1.165, 1.54) is 6.20 Å². The number of hydrogen-bond donors (Lipinski definition) is 0. The number of fused-ring (bicyclic) bond motifs is 1. The summed E-state index contributed by atoms with van der Waals surface area (Å²) >= 11 is 5.87. The van der Waals surface area contributed by atoms with Crippen molar-refractivity contribution >= 4 is 22.5 Å². The van der Waals surface area contributed by atoms with Gasteiger partial charge in [-0.05, 0) is 29.8 Å². The molecule has 0 aliphatic rings. The van der Waals surface area contributed by atoms with Gasteiger partial charge in [0.15, 0.2) is 0 Å². The molecule has 0 atom stereocenters. The van der Waals surface area contributed by atoms with Crippen molar-refractivity contribution in [1.82, 2.24) is 9.78 Å². The summed E-state index contributed by atoms with van der Waals surface area (Å²) in [6.45, 7) is 0.609. The van der Waals surface area contributed by atoms with Crippen LogP contribution in [0.25, 0.3) is 10.9 Å². The van der Waals surface area contributed by atoms with E-state index in [-0.39, 0.29) is 5.43 Å². The molecule has 0 saturated heterocycles. The van der Waals surface area contributed by atoms with Crippen molar-refractivity contribution in [3.8, 4) is 0 Å². The first kappa shape index (κ1) is 11.9. The first-order chi connectivity index (χ1) is 9.24. The molecular weight excluding hydrogens is 260 g/mol. The number of hydrogen-bond acceptors (Lipinski definition) is 2. The van der Waals surface area contributed by atoms with Gasteiger partial charge < -0.3 is 0 Å². The van der Waals surface area contributed by atoms with Gasteiger partial charge in [-0.25, -0.2) is 0 Å². The highest BCUT2D eigenvalue weighted by molar-refractivity contribution is 6.30. The lowest BCUT2D eigenvalue weighted by Gasteiger charge is -2.09. The molecular formula is C15H11ClN2O. The van der Waals surface area contributed by atoms with E-state index >= 15 is 0 Å². The molecule has 0 amide bonds. The van der Waals surface area contributed by atoms with Crippen LogP contribution >= 0.6 is 11.6 Å². The highest BCUT2D eigenvalue weighted by atomic mass is 35.5. The monoisotopic (exact) mass is 270 g/mol. The summed E-state index contributed by atoms with van der Waals surface area (Å²) in [6, 6.07) is 15.1. The molecule has 4 heteroatoms. The zero-order chi connectivity index (χ0) is 13.2. The van der Waals surface area contributed by atoms with Crippen LogP contribution in [0.3, 0.4) is 0 Å². The van der Waals surface area contributed by atoms with Crippen LogP contribution in [0.1, 0.15) is 5.56 Å². The Morgan fingerprint density at radius 3 is 2.58 bits per heavy atom. The average Bonchev–Trinajstić information content (AvgIpc) is 2.45. The minimum atomic E-state index is -0.0528. The second kappa shape index (κ2) is 4.86. The molecule has 0 aliphatic carbocycles. The Hall–Kier alpha value is -2.13. The number of para-hydroxylation sites is 1. The van der Waals surface area contributed by atoms with Crippen LogP contribution in [-0.4, -0.2) is 9.78 Å². The fourth-order valence-electron chi connectivity index (χ4n) is 2.05. The van der Waals surface area contributed by atoms with E-state index in [9.17, 15) is 4.79 Å². The van der Waals surface area contributed by atoms with E-state index in [1.54, 1.807) is 0 Å². The fraction of sp³-hybridized carbons (Fsp3) is 0.0667. The highest BCUT2D eigenvalue weighted by Gasteiger charge is 2.03. The fourth-order valence-corrected chi connectivity index (χ4v) is 2.18. The predicted molar refractivity (Wildman–Crippen MR) is 76.6 cm³/mol. The van der Waals surface area contributed by atoms with Gasteiger partial charge in [0, 0.05) is 10.4 Å². The third kappa shape index (κ3) is 2.37. The summed E-state index contributed by atoms with van der Waals surface area (Å²) in [6.07, 6.45) is 1.36. The Kier molecular flexibility index (Phi) is 3.05. The number of nitrogens with zero attached hydrogens (tertiary/aromatic N) is 2. The first-order valence-electron chi connectivity index (χ1n) is 5.93. The van der Waals surface area contributed by atoms with Gasteiger partial charge in [0.25, 0.3) is 0 Å². The van der Waals surface area contributed by atoms with Crippen molar-refractivity contribution in [1.29, 1.82) is 0 Å². The molecule has 1 aromatic heterocycles. The third-order valence-corrected chi connectivity index (χ3v) is 3.26. The minimum Gasteiger partial charge on any atom is -0.287 e. The third-order valence-electron chi connectivity index (χ3n) is 3.01. The Morgan fingerprint density at radius 2 is 1.79 bits per heavy atom. The molecule has 0 N–H and O–H groups in total. The van der Waals surface area contributed by atoms with Crippen LogP contribution in [0.15, 0.2) is 59.5 Å². The van der Waals surface area contributed by atoms with E-state index < -0.39 is 0 Å². The minimum absolute atomic E-state index is 0.0528. The van der Waals surface area contributed by atoms with Crippen LogP contribution in [-0.2, 0) is 6.54 Å². The molecule has 0 fully saturated rings. The van der Waals surface area contributed by atoms with Gasteiger partial charge in [0.1, 0.15) is 0 Å². The van der Waals surface area contributed by atoms with Crippen molar-refractivity contribution in [3.05, 3.63) is 75.5 Å². The van der Waals surface area contributed by atoms with Gasteiger partial charge in [0.05, 0.1) is 18.3 Å². The standard InChI is InChI=1S/C15H11ClN2O/c16-12-7-5-11(6-8-12)10-18-14-4-2-1-3-13(14)15(19)9-17-18/h1-9H,10H2. The Morgan fingerprint density at radius 1 is 1.05 bits per heavy atom. The lowest BCUT2D eigenvalue weighted by atomic mass is 10.2. The second-order valence-corrected chi connectivity index (χ2v) is 4.75. The van der Waals surface area contributed by atoms with Crippen LogP contribution in [0, 0.1) is 0 Å². The number of halogens is 1. The van der Waals surface area contributed by atoms with Crippen LogP contribution in [0.2, 0.25) is 5.02 Å². The van der Waals surface area contributed by atoms with Gasteiger partial charge >= 0.3 is 0 Å². The van der Waals surface area contributed by atoms with Crippen molar-refractivity contribution in [2.75, 3.05) is 0 Å². The maximum atomic E-state index is 11.7. The molecule has 0 spiro atoms. The first-order valence-corrected chi connectivity index (χ1v) is 6.31. The molecule has 0 unspecified atom stereocenters. The zero-order valence-corrected chi connectivity index (χ0v) is 10.8. The summed E-state index contributed by atoms with van der Waals surface area (Å²) in [5.41, 5.74) is 1.87. The smallest absolute Gasteiger partial charge is 0.207 e. The quantitative estimate of drug-likeness (QED) is 0.717. The molecule has 0 bridgehead atoms. The molecule has 1 heterocycles. The van der Waals surface area contributed by atoms with E-state index in [2.05, 4.69) is 5.10 Å². The summed E-state index contributed by atoms with van der Waals surface area (Å²) in [7, 11) is 0. The van der Waals surface area contributed by atoms with Crippen molar-refractivity contribution in [3.63, 3.8) is 0 Å². The maximum Gasteiger partial charge on any atom is 0.207 e. The van der Waals surface area contributed by atoms with Crippen LogP contribution in [0.4, 0.5) is 0 Å². The van der Waals surface area contributed by atoms with Crippen LogP contribution < -0.4 is 5.43 Å². The van der Waals surface area contributed by atoms with Crippen molar-refractivity contribution < 1.29 is 0 Å². The predicted octanol–water partition coefficient (Wildman–Crippen LogP) is 3.10. The molecule has 3 aromatic rings. The lowest BCUT2D eigenvalue weighted by molar-refractivity contribution is 0.695. The number of benzene rings is 2. The van der Waals surface area contributed by atoms with Crippen molar-refractivity contribution in [2.45, 2.75) is 6.54 Å².